The number of carbonyl (C=O) groups is 1. The number of methoxy groups -OCH3 is 2. The van der Waals surface area contributed by atoms with Gasteiger partial charge in [-0.1, -0.05) is 5.16 Å². The maximum atomic E-state index is 11.7. The zero-order chi connectivity index (χ0) is 16.5. The van der Waals surface area contributed by atoms with Crippen molar-refractivity contribution in [3.05, 3.63) is 30.2 Å². The van der Waals surface area contributed by atoms with Gasteiger partial charge in [0.05, 0.1) is 7.11 Å². The minimum atomic E-state index is -0.0368. The van der Waals surface area contributed by atoms with E-state index < -0.39 is 0 Å². The molecule has 1 aromatic carbocycles. The standard InChI is InChI=1S/C16H21N3O4/c1-21-11-3-10-17-14(20)8-9-15-18-16(19-23-15)12-4-6-13(22-2)7-5-12/h4-7H,3,8-11H2,1-2H3,(H,17,20). The van der Waals surface area contributed by atoms with E-state index in [4.69, 9.17) is 14.0 Å². The molecule has 0 radical (unpaired) electrons. The molecule has 0 aliphatic carbocycles. The number of amides is 1. The number of carbonyl (C=O) groups excluding carboxylic acids is 1. The number of nitrogens with zero attached hydrogens (tertiary/aromatic N) is 2. The van der Waals surface area contributed by atoms with Gasteiger partial charge in [0.25, 0.3) is 0 Å². The molecule has 2 rings (SSSR count). The SMILES string of the molecule is COCCCNC(=O)CCc1nc(-c2ccc(OC)cc2)no1. The van der Waals surface area contributed by atoms with Crippen LogP contribution >= 0.6 is 0 Å². The summed E-state index contributed by atoms with van der Waals surface area (Å²) in [5, 5.41) is 6.75. The molecule has 7 heteroatoms. The Hall–Kier alpha value is -2.41. The molecule has 0 aliphatic heterocycles. The molecule has 0 fully saturated rings. The van der Waals surface area contributed by atoms with E-state index >= 15 is 0 Å². The number of nitrogens with one attached hydrogen (secondary N) is 1. The molecule has 0 spiro atoms. The lowest BCUT2D eigenvalue weighted by Crippen LogP contribution is -2.25. The zero-order valence-electron chi connectivity index (χ0n) is 13.4. The lowest BCUT2D eigenvalue weighted by molar-refractivity contribution is -0.121. The molecule has 2 aromatic rings. The Bertz CT molecular complexity index is 610. The van der Waals surface area contributed by atoms with E-state index in [1.54, 1.807) is 14.2 Å². The highest BCUT2D eigenvalue weighted by molar-refractivity contribution is 5.75. The third kappa shape index (κ3) is 5.37. The second-order valence-electron chi connectivity index (χ2n) is 4.94. The van der Waals surface area contributed by atoms with Gasteiger partial charge in [-0.25, -0.2) is 0 Å². The first-order valence-electron chi connectivity index (χ1n) is 7.45. The summed E-state index contributed by atoms with van der Waals surface area (Å²) in [7, 11) is 3.25. The summed E-state index contributed by atoms with van der Waals surface area (Å²) in [4.78, 5) is 16.0. The van der Waals surface area contributed by atoms with Crippen molar-refractivity contribution in [3.63, 3.8) is 0 Å². The molecule has 1 N–H and O–H groups in total. The van der Waals surface area contributed by atoms with Gasteiger partial charge >= 0.3 is 0 Å². The normalized spacial score (nSPS) is 10.5. The van der Waals surface area contributed by atoms with Crippen LogP contribution in [0.2, 0.25) is 0 Å². The van der Waals surface area contributed by atoms with Gasteiger partial charge in [-0.15, -0.1) is 0 Å². The smallest absolute Gasteiger partial charge is 0.227 e. The van der Waals surface area contributed by atoms with E-state index in [0.717, 1.165) is 17.7 Å². The number of hydrogen-bond acceptors (Lipinski definition) is 6. The lowest BCUT2D eigenvalue weighted by Gasteiger charge is -2.03. The largest absolute Gasteiger partial charge is 0.497 e. The Morgan fingerprint density at radius 1 is 1.26 bits per heavy atom. The molecule has 1 heterocycles. The van der Waals surface area contributed by atoms with E-state index in [1.807, 2.05) is 24.3 Å². The van der Waals surface area contributed by atoms with Crippen molar-refractivity contribution in [2.24, 2.45) is 0 Å². The van der Waals surface area contributed by atoms with Crippen LogP contribution in [0.1, 0.15) is 18.7 Å². The minimum absolute atomic E-state index is 0.0368. The third-order valence-electron chi connectivity index (χ3n) is 3.23. The highest BCUT2D eigenvalue weighted by Gasteiger charge is 2.10. The highest BCUT2D eigenvalue weighted by Crippen LogP contribution is 2.19. The second-order valence-corrected chi connectivity index (χ2v) is 4.94. The van der Waals surface area contributed by atoms with Gasteiger partial charge in [0.1, 0.15) is 5.75 Å². The maximum Gasteiger partial charge on any atom is 0.227 e. The summed E-state index contributed by atoms with van der Waals surface area (Å²) < 4.78 is 15.2. The molecule has 0 saturated carbocycles. The third-order valence-corrected chi connectivity index (χ3v) is 3.23. The van der Waals surface area contributed by atoms with Gasteiger partial charge in [-0.2, -0.15) is 4.98 Å². The van der Waals surface area contributed by atoms with Crippen LogP contribution in [0.5, 0.6) is 5.75 Å². The Morgan fingerprint density at radius 3 is 2.74 bits per heavy atom. The molecule has 0 bridgehead atoms. The Kier molecular flexibility index (Phi) is 6.56. The number of ether oxygens (including phenoxy) is 2. The summed E-state index contributed by atoms with van der Waals surface area (Å²) in [6.45, 7) is 1.24. The molecule has 0 saturated heterocycles. The van der Waals surface area contributed by atoms with Gasteiger partial charge < -0.3 is 19.3 Å². The van der Waals surface area contributed by atoms with Gasteiger partial charge in [0.2, 0.25) is 17.6 Å². The van der Waals surface area contributed by atoms with Crippen LogP contribution in [0, 0.1) is 0 Å². The monoisotopic (exact) mass is 319 g/mol. The van der Waals surface area contributed by atoms with Crippen molar-refractivity contribution in [2.75, 3.05) is 27.4 Å². The first-order chi connectivity index (χ1) is 11.2. The number of benzene rings is 1. The van der Waals surface area contributed by atoms with Crippen molar-refractivity contribution in [1.29, 1.82) is 0 Å². The van der Waals surface area contributed by atoms with Crippen molar-refractivity contribution >= 4 is 5.91 Å². The summed E-state index contributed by atoms with van der Waals surface area (Å²) >= 11 is 0. The number of aryl methyl sites for hydroxylation is 1. The van der Waals surface area contributed by atoms with Crippen LogP contribution in [0.4, 0.5) is 0 Å². The fourth-order valence-electron chi connectivity index (χ4n) is 1.97. The predicted octanol–water partition coefficient (Wildman–Crippen LogP) is 1.83. The molecule has 0 unspecified atom stereocenters. The van der Waals surface area contributed by atoms with Crippen LogP contribution in [0.3, 0.4) is 0 Å². The summed E-state index contributed by atoms with van der Waals surface area (Å²) in [5.41, 5.74) is 0.838. The molecule has 0 atom stereocenters. The summed E-state index contributed by atoms with van der Waals surface area (Å²) in [5.74, 6) is 1.68. The molecular formula is C16H21N3O4. The van der Waals surface area contributed by atoms with Gasteiger partial charge in [0.15, 0.2) is 0 Å². The first-order valence-corrected chi connectivity index (χ1v) is 7.45. The van der Waals surface area contributed by atoms with E-state index in [9.17, 15) is 4.79 Å². The van der Waals surface area contributed by atoms with Crippen LogP contribution in [0.25, 0.3) is 11.4 Å². The second kappa shape index (κ2) is 8.89. The van der Waals surface area contributed by atoms with Crippen LogP contribution in [-0.2, 0) is 16.0 Å². The van der Waals surface area contributed by atoms with Crippen LogP contribution in [0.15, 0.2) is 28.8 Å². The Balaban J connectivity index is 1.81. The maximum absolute atomic E-state index is 11.7. The van der Waals surface area contributed by atoms with E-state index in [1.165, 1.54) is 0 Å². The van der Waals surface area contributed by atoms with Gasteiger partial charge in [-0.05, 0) is 30.7 Å². The van der Waals surface area contributed by atoms with Crippen LogP contribution < -0.4 is 10.1 Å². The molecule has 124 valence electrons. The fraction of sp³-hybridized carbons (Fsp3) is 0.438. The topological polar surface area (TPSA) is 86.5 Å². The van der Waals surface area contributed by atoms with Crippen molar-refractivity contribution in [2.45, 2.75) is 19.3 Å². The summed E-state index contributed by atoms with van der Waals surface area (Å²) in [6.07, 6.45) is 1.53. The lowest BCUT2D eigenvalue weighted by atomic mass is 10.2. The summed E-state index contributed by atoms with van der Waals surface area (Å²) in [6, 6.07) is 7.38. The molecule has 7 nitrogen and oxygen atoms in total. The zero-order valence-corrected chi connectivity index (χ0v) is 13.4. The number of hydrogen-bond donors (Lipinski definition) is 1. The van der Waals surface area contributed by atoms with Gasteiger partial charge in [0, 0.05) is 38.7 Å². The van der Waals surface area contributed by atoms with Crippen molar-refractivity contribution in [3.8, 4) is 17.1 Å². The van der Waals surface area contributed by atoms with Crippen LogP contribution in [-0.4, -0.2) is 43.4 Å². The molecular weight excluding hydrogens is 298 g/mol. The van der Waals surface area contributed by atoms with Crippen molar-refractivity contribution < 1.29 is 18.8 Å². The Morgan fingerprint density at radius 2 is 2.04 bits per heavy atom. The fourth-order valence-corrected chi connectivity index (χ4v) is 1.97. The number of rotatable bonds is 9. The van der Waals surface area contributed by atoms with Gasteiger partial charge in [-0.3, -0.25) is 4.79 Å². The van der Waals surface area contributed by atoms with E-state index in [-0.39, 0.29) is 5.91 Å². The molecule has 23 heavy (non-hydrogen) atoms. The predicted molar refractivity (Wildman–Crippen MR) is 84.1 cm³/mol. The average molecular weight is 319 g/mol. The van der Waals surface area contributed by atoms with E-state index in [0.29, 0.717) is 37.7 Å². The quantitative estimate of drug-likeness (QED) is 0.710. The highest BCUT2D eigenvalue weighted by atomic mass is 16.5. The minimum Gasteiger partial charge on any atom is -0.497 e. The van der Waals surface area contributed by atoms with E-state index in [2.05, 4.69) is 15.5 Å². The average Bonchev–Trinajstić information content (AvgIpc) is 3.06. The number of aromatic nitrogens is 2. The molecule has 1 amide bonds. The molecule has 0 aliphatic rings. The van der Waals surface area contributed by atoms with Crippen molar-refractivity contribution in [1.82, 2.24) is 15.5 Å². The Labute approximate surface area is 135 Å². The molecule has 1 aromatic heterocycles. The first kappa shape index (κ1) is 17.0.